The van der Waals surface area contributed by atoms with Crippen LogP contribution in [0.1, 0.15) is 29.9 Å². The van der Waals surface area contributed by atoms with Gasteiger partial charge in [0.1, 0.15) is 0 Å². The summed E-state index contributed by atoms with van der Waals surface area (Å²) in [4.78, 5) is 0.182. The number of piperidine rings is 1. The van der Waals surface area contributed by atoms with Crippen molar-refractivity contribution in [1.29, 1.82) is 0 Å². The normalized spacial score (nSPS) is 17.8. The van der Waals surface area contributed by atoms with Crippen molar-refractivity contribution in [1.82, 2.24) is 8.61 Å². The number of sulfonamides is 2. The van der Waals surface area contributed by atoms with Gasteiger partial charge in [0.05, 0.1) is 9.79 Å². The van der Waals surface area contributed by atoms with Crippen LogP contribution >= 0.6 is 0 Å². The van der Waals surface area contributed by atoms with Gasteiger partial charge in [-0.2, -0.15) is 8.61 Å². The minimum Gasteiger partial charge on any atom is -0.207 e. The summed E-state index contributed by atoms with van der Waals surface area (Å²) in [5.41, 5.74) is 2.01. The number of nitrogens with zero attached hydrogens (tertiary/aromatic N) is 2. The van der Waals surface area contributed by atoms with Crippen molar-refractivity contribution >= 4 is 20.0 Å². The minimum atomic E-state index is -3.74. The molecule has 0 aliphatic carbocycles. The van der Waals surface area contributed by atoms with E-state index < -0.39 is 20.0 Å². The molecule has 1 saturated heterocycles. The van der Waals surface area contributed by atoms with Gasteiger partial charge in [0.2, 0.25) is 20.0 Å². The van der Waals surface area contributed by atoms with E-state index in [0.717, 1.165) is 24.0 Å². The van der Waals surface area contributed by atoms with Gasteiger partial charge < -0.3 is 0 Å². The third-order valence-corrected chi connectivity index (χ3v) is 9.77. The lowest BCUT2D eigenvalue weighted by molar-refractivity contribution is 0.315. The van der Waals surface area contributed by atoms with Crippen molar-refractivity contribution in [2.75, 3.05) is 20.1 Å². The number of benzene rings is 3. The molecule has 0 amide bonds. The Morgan fingerprint density at radius 1 is 0.818 bits per heavy atom. The smallest absolute Gasteiger partial charge is 0.207 e. The Labute approximate surface area is 196 Å². The van der Waals surface area contributed by atoms with E-state index >= 15 is 0 Å². The predicted octanol–water partition coefficient (Wildman–Crippen LogP) is 4.08. The van der Waals surface area contributed by atoms with Crippen molar-refractivity contribution in [3.63, 3.8) is 0 Å². The molecule has 1 heterocycles. The monoisotopic (exact) mass is 484 g/mol. The van der Waals surface area contributed by atoms with Crippen LogP contribution in [0.5, 0.6) is 0 Å². The zero-order chi connectivity index (χ0) is 23.5. The van der Waals surface area contributed by atoms with Gasteiger partial charge in [0.15, 0.2) is 0 Å². The molecule has 3 aromatic rings. The summed E-state index contributed by atoms with van der Waals surface area (Å²) >= 11 is 0. The Bertz CT molecular complexity index is 1280. The molecule has 8 heteroatoms. The molecular formula is C25H28N2O4S2. The van der Waals surface area contributed by atoms with E-state index in [1.54, 1.807) is 0 Å². The molecule has 0 unspecified atom stereocenters. The number of rotatable bonds is 7. The van der Waals surface area contributed by atoms with Gasteiger partial charge in [-0.25, -0.2) is 16.8 Å². The second-order valence-corrected chi connectivity index (χ2v) is 12.3. The lowest BCUT2D eigenvalue weighted by Gasteiger charge is -2.32. The molecule has 1 aliphatic heterocycles. The Morgan fingerprint density at radius 3 is 2.03 bits per heavy atom. The average Bonchev–Trinajstić information content (AvgIpc) is 2.85. The summed E-state index contributed by atoms with van der Waals surface area (Å²) in [5, 5.41) is 0. The Balaban J connectivity index is 1.51. The van der Waals surface area contributed by atoms with E-state index in [-0.39, 0.29) is 22.3 Å². The average molecular weight is 485 g/mol. The first kappa shape index (κ1) is 23.6. The molecule has 0 N–H and O–H groups in total. The standard InChI is InChI=1S/C25H28N2O4S2/c1-26(19-21-9-4-2-5-10-21)32(28,29)24-14-16-25(17-15-24)33(30,31)27-18-8-13-23(20-27)22-11-6-3-7-12-22/h2-7,9-12,14-17,23H,8,13,18-20H2,1H3/t23-/m0/s1. The maximum atomic E-state index is 13.3. The molecule has 174 valence electrons. The fraction of sp³-hybridized carbons (Fsp3) is 0.280. The first-order valence-electron chi connectivity index (χ1n) is 10.9. The van der Waals surface area contributed by atoms with Crippen LogP contribution in [-0.4, -0.2) is 45.6 Å². The molecule has 4 rings (SSSR count). The summed E-state index contributed by atoms with van der Waals surface area (Å²) in [7, 11) is -5.93. The van der Waals surface area contributed by atoms with Crippen molar-refractivity contribution in [3.05, 3.63) is 96.1 Å². The van der Waals surface area contributed by atoms with Crippen LogP contribution in [0, 0.1) is 0 Å². The SMILES string of the molecule is CN(Cc1ccccc1)S(=O)(=O)c1ccc(S(=O)(=O)N2CCC[C@H](c3ccccc3)C2)cc1. The Morgan fingerprint density at radius 2 is 1.39 bits per heavy atom. The van der Waals surface area contributed by atoms with Gasteiger partial charge in [-0.05, 0) is 54.2 Å². The van der Waals surface area contributed by atoms with Crippen LogP contribution < -0.4 is 0 Å². The quantitative estimate of drug-likeness (QED) is 0.507. The van der Waals surface area contributed by atoms with Gasteiger partial charge in [-0.1, -0.05) is 60.7 Å². The first-order chi connectivity index (χ1) is 15.8. The topological polar surface area (TPSA) is 74.8 Å². The zero-order valence-corrected chi connectivity index (χ0v) is 20.2. The highest BCUT2D eigenvalue weighted by Gasteiger charge is 2.31. The second-order valence-electron chi connectivity index (χ2n) is 8.33. The van der Waals surface area contributed by atoms with E-state index in [1.807, 2.05) is 60.7 Å². The van der Waals surface area contributed by atoms with Crippen LogP contribution in [0.3, 0.4) is 0 Å². The van der Waals surface area contributed by atoms with Crippen LogP contribution in [0.15, 0.2) is 94.7 Å². The summed E-state index contributed by atoms with van der Waals surface area (Å²) in [6.07, 6.45) is 1.73. The molecule has 33 heavy (non-hydrogen) atoms. The van der Waals surface area contributed by atoms with E-state index in [2.05, 4.69) is 0 Å². The minimum absolute atomic E-state index is 0.0701. The lowest BCUT2D eigenvalue weighted by Crippen LogP contribution is -2.39. The van der Waals surface area contributed by atoms with Crippen molar-refractivity contribution in [2.24, 2.45) is 0 Å². The summed E-state index contributed by atoms with van der Waals surface area (Å²) in [5.74, 6) is 0.154. The molecule has 1 atom stereocenters. The zero-order valence-electron chi connectivity index (χ0n) is 18.5. The maximum absolute atomic E-state index is 13.3. The Kier molecular flexibility index (Phi) is 6.99. The predicted molar refractivity (Wildman–Crippen MR) is 129 cm³/mol. The molecule has 1 fully saturated rings. The third-order valence-electron chi connectivity index (χ3n) is 6.07. The fourth-order valence-electron chi connectivity index (χ4n) is 4.20. The fourth-order valence-corrected chi connectivity index (χ4v) is 6.88. The molecule has 0 bridgehead atoms. The van der Waals surface area contributed by atoms with Crippen molar-refractivity contribution < 1.29 is 16.8 Å². The van der Waals surface area contributed by atoms with Gasteiger partial charge in [-0.15, -0.1) is 0 Å². The highest BCUT2D eigenvalue weighted by atomic mass is 32.2. The van der Waals surface area contributed by atoms with E-state index in [0.29, 0.717) is 13.1 Å². The van der Waals surface area contributed by atoms with E-state index in [1.165, 1.54) is 39.9 Å². The summed E-state index contributed by atoms with van der Waals surface area (Å²) in [6, 6.07) is 24.8. The largest absolute Gasteiger partial charge is 0.243 e. The highest BCUT2D eigenvalue weighted by molar-refractivity contribution is 7.89. The van der Waals surface area contributed by atoms with Gasteiger partial charge in [0.25, 0.3) is 0 Å². The molecule has 1 aliphatic rings. The second kappa shape index (κ2) is 9.77. The van der Waals surface area contributed by atoms with Gasteiger partial charge >= 0.3 is 0 Å². The van der Waals surface area contributed by atoms with E-state index in [9.17, 15) is 16.8 Å². The number of hydrogen-bond donors (Lipinski definition) is 0. The summed E-state index contributed by atoms with van der Waals surface area (Å²) in [6.45, 7) is 1.12. The third kappa shape index (κ3) is 5.19. The van der Waals surface area contributed by atoms with Crippen molar-refractivity contribution in [2.45, 2.75) is 35.1 Å². The summed E-state index contributed by atoms with van der Waals surface area (Å²) < 4.78 is 55.2. The maximum Gasteiger partial charge on any atom is 0.243 e. The van der Waals surface area contributed by atoms with Crippen LogP contribution in [-0.2, 0) is 26.6 Å². The lowest BCUT2D eigenvalue weighted by atomic mass is 9.92. The van der Waals surface area contributed by atoms with E-state index in [4.69, 9.17) is 0 Å². The molecule has 0 radical (unpaired) electrons. The number of hydrogen-bond acceptors (Lipinski definition) is 4. The molecule has 3 aromatic carbocycles. The van der Waals surface area contributed by atoms with Crippen LogP contribution in [0.4, 0.5) is 0 Å². The molecule has 0 aromatic heterocycles. The molecular weight excluding hydrogens is 456 g/mol. The van der Waals surface area contributed by atoms with Gasteiger partial charge in [-0.3, -0.25) is 0 Å². The van der Waals surface area contributed by atoms with Gasteiger partial charge in [0, 0.05) is 26.7 Å². The molecule has 0 saturated carbocycles. The molecule has 6 nitrogen and oxygen atoms in total. The first-order valence-corrected chi connectivity index (χ1v) is 13.8. The Hall–Kier alpha value is -2.52. The molecule has 0 spiro atoms. The van der Waals surface area contributed by atoms with Crippen LogP contribution in [0.25, 0.3) is 0 Å². The highest BCUT2D eigenvalue weighted by Crippen LogP contribution is 2.30. The van der Waals surface area contributed by atoms with Crippen LogP contribution in [0.2, 0.25) is 0 Å². The van der Waals surface area contributed by atoms with Crippen molar-refractivity contribution in [3.8, 4) is 0 Å².